The molecule has 4 heterocycles. The summed E-state index contributed by atoms with van der Waals surface area (Å²) in [4.78, 5) is 63.0. The van der Waals surface area contributed by atoms with Crippen LogP contribution >= 0.6 is 0 Å². The zero-order valence-electron chi connectivity index (χ0n) is 34.4. The number of benzene rings is 1. The second-order valence-corrected chi connectivity index (χ2v) is 20.3. The second-order valence-electron chi connectivity index (χ2n) is 18.1. The summed E-state index contributed by atoms with van der Waals surface area (Å²) in [6, 6.07) is 4.91. The maximum Gasteiger partial charge on any atom is 0.408 e. The third kappa shape index (κ3) is 8.45. The highest BCUT2D eigenvalue weighted by molar-refractivity contribution is 7.91. The van der Waals surface area contributed by atoms with E-state index in [2.05, 4.69) is 15.4 Å². The van der Waals surface area contributed by atoms with Crippen molar-refractivity contribution in [2.75, 3.05) is 13.2 Å². The van der Waals surface area contributed by atoms with Crippen LogP contribution < -0.4 is 24.8 Å². The summed E-state index contributed by atoms with van der Waals surface area (Å²) in [7, 11) is -4.05. The van der Waals surface area contributed by atoms with Gasteiger partial charge in [0.1, 0.15) is 29.5 Å². The van der Waals surface area contributed by atoms with Gasteiger partial charge < -0.3 is 29.7 Å². The molecule has 4 amide bonds. The van der Waals surface area contributed by atoms with Gasteiger partial charge >= 0.3 is 6.09 Å². The standard InChI is InChI=1S/C42H55F2N5O9S/c1-24-12-7-8-13-26-22-42(26,37(52)48-59(54,55)40(5)17-18-40)47-34(50)31-21-27(57-35-29-15-10-9-14-28(29)33-30(45-35)16-11-19-56-33)23-49(31)36(51)32(25(2)20-24)46-38(53)58-39(3,4)41(6,43)44/h8-10,13-15,24-27,31-32H,7,11-12,16-23H2,1-6H3,(H,46,53)(H,47,50)(H,48,52)/b13-8-/t24-,25+,26+,27+,31-,32-,42+/m0/s1. The summed E-state index contributed by atoms with van der Waals surface area (Å²) in [5.74, 6) is -5.72. The number of rotatable bonds is 8. The quantitative estimate of drug-likeness (QED) is 0.294. The number of alkyl halides is 2. The molecule has 3 aliphatic heterocycles. The van der Waals surface area contributed by atoms with Crippen molar-refractivity contribution < 1.29 is 50.6 Å². The lowest BCUT2D eigenvalue weighted by Gasteiger charge is -2.35. The van der Waals surface area contributed by atoms with Crippen molar-refractivity contribution in [3.63, 3.8) is 0 Å². The monoisotopic (exact) mass is 843 g/mol. The van der Waals surface area contributed by atoms with Crippen molar-refractivity contribution in [3.8, 4) is 11.6 Å². The van der Waals surface area contributed by atoms with Gasteiger partial charge in [-0.05, 0) is 90.0 Å². The number of hydrogen-bond donors (Lipinski definition) is 3. The first-order valence-corrected chi connectivity index (χ1v) is 22.1. The molecular formula is C42H55F2N5O9S. The second kappa shape index (κ2) is 15.5. The number of fused-ring (bicyclic) bond motifs is 5. The number of aromatic nitrogens is 1. The van der Waals surface area contributed by atoms with Crippen LogP contribution in [0.4, 0.5) is 13.6 Å². The molecule has 2 aromatic rings. The molecule has 0 radical (unpaired) electrons. The maximum atomic E-state index is 14.9. The molecule has 322 valence electrons. The van der Waals surface area contributed by atoms with Crippen LogP contribution in [0.2, 0.25) is 0 Å². The Morgan fingerprint density at radius 3 is 2.49 bits per heavy atom. The van der Waals surface area contributed by atoms with Gasteiger partial charge in [0.05, 0.1) is 23.6 Å². The summed E-state index contributed by atoms with van der Waals surface area (Å²) in [5.41, 5.74) is -3.10. The number of pyridine rings is 1. The van der Waals surface area contributed by atoms with Crippen molar-refractivity contribution in [3.05, 3.63) is 42.1 Å². The number of amides is 4. The molecule has 2 saturated carbocycles. The van der Waals surface area contributed by atoms with Crippen LogP contribution in [0.3, 0.4) is 0 Å². The van der Waals surface area contributed by atoms with E-state index in [1.54, 1.807) is 13.8 Å². The van der Waals surface area contributed by atoms with Crippen molar-refractivity contribution in [1.29, 1.82) is 0 Å². The summed E-state index contributed by atoms with van der Waals surface area (Å²) in [6.45, 7) is 8.53. The van der Waals surface area contributed by atoms with Crippen LogP contribution in [0.5, 0.6) is 11.6 Å². The summed E-state index contributed by atoms with van der Waals surface area (Å²) in [5, 5.41) is 6.90. The van der Waals surface area contributed by atoms with Gasteiger partial charge in [-0.3, -0.25) is 19.1 Å². The predicted molar refractivity (Wildman–Crippen MR) is 213 cm³/mol. The minimum Gasteiger partial charge on any atom is -0.491 e. The van der Waals surface area contributed by atoms with Gasteiger partial charge in [0.25, 0.3) is 11.8 Å². The van der Waals surface area contributed by atoms with E-state index in [-0.39, 0.29) is 31.2 Å². The first-order chi connectivity index (χ1) is 27.6. The van der Waals surface area contributed by atoms with E-state index in [4.69, 9.17) is 19.2 Å². The van der Waals surface area contributed by atoms with Crippen LogP contribution in [0.25, 0.3) is 10.8 Å². The van der Waals surface area contributed by atoms with Crippen LogP contribution in [0.1, 0.15) is 98.6 Å². The Kier molecular flexibility index (Phi) is 11.2. The summed E-state index contributed by atoms with van der Waals surface area (Å²) >= 11 is 0. The van der Waals surface area contributed by atoms with Crippen molar-refractivity contribution in [2.45, 2.75) is 139 Å². The lowest BCUT2D eigenvalue weighted by Crippen LogP contribution is -2.59. The zero-order valence-corrected chi connectivity index (χ0v) is 35.3. The van der Waals surface area contributed by atoms with Crippen LogP contribution in [-0.4, -0.2) is 95.3 Å². The van der Waals surface area contributed by atoms with Gasteiger partial charge in [0, 0.05) is 30.0 Å². The minimum atomic E-state index is -4.05. The van der Waals surface area contributed by atoms with Crippen molar-refractivity contribution >= 4 is 44.6 Å². The Balaban J connectivity index is 1.24. The maximum absolute atomic E-state index is 14.9. The summed E-state index contributed by atoms with van der Waals surface area (Å²) < 4.78 is 74.3. The Morgan fingerprint density at radius 2 is 1.80 bits per heavy atom. The number of nitrogens with zero attached hydrogens (tertiary/aromatic N) is 2. The third-order valence-electron chi connectivity index (χ3n) is 12.9. The number of aryl methyl sites for hydroxylation is 1. The summed E-state index contributed by atoms with van der Waals surface area (Å²) in [6.07, 6.45) is 5.72. The average Bonchev–Trinajstić information content (AvgIpc) is 4.04. The SMILES string of the molecule is C[C@H]1CC/C=C\[C@@H]2C[C@@]2(C(=O)NS(=O)(=O)C2(C)CC2)NC(=O)[C@@H]2C[C@@H](Oc3nc4c(c5ccccc35)OCCC4)CN2C(=O)[C@@H](NC(=O)OC(C)(C)C(C)(F)F)[C@H](C)C1. The van der Waals surface area contributed by atoms with Crippen LogP contribution in [0.15, 0.2) is 36.4 Å². The number of nitrogens with one attached hydrogen (secondary N) is 3. The van der Waals surface area contributed by atoms with Crippen molar-refractivity contribution in [1.82, 2.24) is 25.2 Å². The van der Waals surface area contributed by atoms with E-state index in [1.807, 2.05) is 43.3 Å². The average molecular weight is 844 g/mol. The molecule has 1 aromatic heterocycles. The number of alkyl carbamates (subject to hydrolysis) is 1. The van der Waals surface area contributed by atoms with Gasteiger partial charge in [-0.2, -0.15) is 0 Å². The van der Waals surface area contributed by atoms with Crippen LogP contribution in [0, 0.1) is 17.8 Å². The molecule has 0 unspecified atom stereocenters. The smallest absolute Gasteiger partial charge is 0.408 e. The molecule has 2 aliphatic carbocycles. The molecule has 3 fully saturated rings. The van der Waals surface area contributed by atoms with Crippen molar-refractivity contribution in [2.24, 2.45) is 17.8 Å². The lowest BCUT2D eigenvalue weighted by molar-refractivity contribution is -0.152. The number of carbonyl (C=O) groups is 4. The molecule has 1 saturated heterocycles. The zero-order chi connectivity index (χ0) is 42.7. The largest absolute Gasteiger partial charge is 0.491 e. The van der Waals surface area contributed by atoms with E-state index >= 15 is 0 Å². The number of allylic oxidation sites excluding steroid dienone is 1. The van der Waals surface area contributed by atoms with E-state index in [1.165, 1.54) is 4.90 Å². The lowest BCUT2D eigenvalue weighted by atomic mass is 9.88. The first kappa shape index (κ1) is 42.6. The van der Waals surface area contributed by atoms with Crippen LogP contribution in [-0.2, 0) is 35.6 Å². The van der Waals surface area contributed by atoms with Gasteiger partial charge in [0.2, 0.25) is 27.7 Å². The predicted octanol–water partition coefficient (Wildman–Crippen LogP) is 5.32. The Bertz CT molecular complexity index is 2160. The Morgan fingerprint density at radius 1 is 1.08 bits per heavy atom. The Labute approximate surface area is 343 Å². The van der Waals surface area contributed by atoms with Gasteiger partial charge in [-0.25, -0.2) is 27.0 Å². The fourth-order valence-electron chi connectivity index (χ4n) is 8.32. The highest BCUT2D eigenvalue weighted by Gasteiger charge is 2.63. The molecule has 7 rings (SSSR count). The van der Waals surface area contributed by atoms with E-state index in [0.717, 1.165) is 25.7 Å². The van der Waals surface area contributed by atoms with E-state index in [0.29, 0.717) is 68.9 Å². The molecule has 59 heavy (non-hydrogen) atoms. The molecule has 0 spiro atoms. The normalized spacial score (nSPS) is 30.2. The topological polar surface area (TPSA) is 182 Å². The number of hydrogen-bond acceptors (Lipinski definition) is 10. The molecule has 7 atom stereocenters. The molecule has 14 nitrogen and oxygen atoms in total. The highest BCUT2D eigenvalue weighted by Crippen LogP contribution is 2.48. The fraction of sp³-hybridized carbons (Fsp3) is 0.643. The van der Waals surface area contributed by atoms with Gasteiger partial charge in [-0.1, -0.05) is 44.2 Å². The van der Waals surface area contributed by atoms with E-state index < -0.39 is 85.7 Å². The molecule has 17 heteroatoms. The fourth-order valence-corrected chi connectivity index (χ4v) is 9.64. The molecule has 1 aromatic carbocycles. The van der Waals surface area contributed by atoms with Gasteiger partial charge in [-0.15, -0.1) is 0 Å². The highest BCUT2D eigenvalue weighted by atomic mass is 32.2. The molecule has 3 N–H and O–H groups in total. The number of ether oxygens (including phenoxy) is 3. The third-order valence-corrected chi connectivity index (χ3v) is 15.1. The van der Waals surface area contributed by atoms with Gasteiger partial charge in [0.15, 0.2) is 5.60 Å². The Hall–Kier alpha value is -4.54. The van der Waals surface area contributed by atoms with E-state index in [9.17, 15) is 36.4 Å². The number of carbonyl (C=O) groups excluding carboxylic acids is 4. The number of halogens is 2. The molecular weight excluding hydrogens is 789 g/mol. The first-order valence-electron chi connectivity index (χ1n) is 20.6. The molecule has 5 aliphatic rings. The molecule has 0 bridgehead atoms. The minimum absolute atomic E-state index is 0.0264. The number of sulfonamides is 1.